The molecule has 1 aliphatic heterocycles. The first kappa shape index (κ1) is 17.0. The van der Waals surface area contributed by atoms with Crippen LogP contribution < -0.4 is 4.90 Å². The average molecular weight is 328 g/mol. The van der Waals surface area contributed by atoms with Crippen molar-refractivity contribution in [2.45, 2.75) is 20.3 Å². The molecule has 1 heterocycles. The molecule has 1 aliphatic rings. The lowest BCUT2D eigenvalue weighted by atomic mass is 9.90. The third kappa shape index (κ3) is 3.51. The van der Waals surface area contributed by atoms with Gasteiger partial charge in [0, 0.05) is 17.6 Å². The Hall–Kier alpha value is -2.79. The number of nitrogens with zero attached hydrogens (tertiary/aromatic N) is 2. The Kier molecular flexibility index (Phi) is 5.05. The molecule has 0 atom stereocenters. The highest BCUT2D eigenvalue weighted by Crippen LogP contribution is 2.33. The van der Waals surface area contributed by atoms with Gasteiger partial charge in [0.05, 0.1) is 18.5 Å². The molecule has 0 fully saturated rings. The molecule has 2 nitrogen and oxygen atoms in total. The number of anilines is 1. The Balaban J connectivity index is 2.00. The number of benzene rings is 2. The van der Waals surface area contributed by atoms with E-state index in [9.17, 15) is 0 Å². The van der Waals surface area contributed by atoms with E-state index in [1.54, 1.807) is 6.21 Å². The predicted octanol–water partition coefficient (Wildman–Crippen LogP) is 5.22. The van der Waals surface area contributed by atoms with Crippen molar-refractivity contribution in [2.24, 2.45) is 10.9 Å². The van der Waals surface area contributed by atoms with E-state index >= 15 is 0 Å². The number of allylic oxidation sites excluding steroid dienone is 1. The Bertz CT molecular complexity index is 888. The quantitative estimate of drug-likeness (QED) is 0.555. The van der Waals surface area contributed by atoms with Crippen molar-refractivity contribution >= 4 is 22.7 Å². The number of hydrogen-bond donors (Lipinski definition) is 0. The van der Waals surface area contributed by atoms with Gasteiger partial charge in [-0.25, -0.2) is 0 Å². The van der Waals surface area contributed by atoms with Crippen LogP contribution in [0.15, 0.2) is 70.9 Å². The van der Waals surface area contributed by atoms with E-state index in [4.69, 9.17) is 6.42 Å². The maximum Gasteiger partial charge on any atom is 0.0768 e. The van der Waals surface area contributed by atoms with Gasteiger partial charge >= 0.3 is 0 Å². The summed E-state index contributed by atoms with van der Waals surface area (Å²) in [6.45, 7) is 10.4. The summed E-state index contributed by atoms with van der Waals surface area (Å²) >= 11 is 0. The molecule has 3 rings (SSSR count). The minimum Gasteiger partial charge on any atom is -0.365 e. The lowest BCUT2D eigenvalue weighted by molar-refractivity contribution is 0.709. The minimum absolute atomic E-state index is 0.412. The predicted molar refractivity (Wildman–Crippen MR) is 109 cm³/mol. The van der Waals surface area contributed by atoms with Crippen LogP contribution in [0.1, 0.15) is 20.3 Å². The van der Waals surface area contributed by atoms with Gasteiger partial charge in [0.1, 0.15) is 0 Å². The summed E-state index contributed by atoms with van der Waals surface area (Å²) in [4.78, 5) is 6.95. The minimum atomic E-state index is 0.412. The molecule has 2 aromatic rings. The second kappa shape index (κ2) is 7.40. The lowest BCUT2D eigenvalue weighted by Crippen LogP contribution is -2.32. The van der Waals surface area contributed by atoms with Crippen molar-refractivity contribution in [1.29, 1.82) is 0 Å². The molecule has 25 heavy (non-hydrogen) atoms. The number of fused-ring (bicyclic) bond motifs is 1. The largest absolute Gasteiger partial charge is 0.365 e. The molecule has 0 aliphatic carbocycles. The van der Waals surface area contributed by atoms with Crippen LogP contribution in [0.25, 0.3) is 10.8 Å². The smallest absolute Gasteiger partial charge is 0.0768 e. The summed E-state index contributed by atoms with van der Waals surface area (Å²) in [5, 5.41) is 2.53. The van der Waals surface area contributed by atoms with Gasteiger partial charge < -0.3 is 4.90 Å². The Labute approximate surface area is 150 Å². The number of aliphatic imine (C=N–C) groups is 1. The molecule has 0 bridgehead atoms. The van der Waals surface area contributed by atoms with E-state index in [1.807, 2.05) is 0 Å². The van der Waals surface area contributed by atoms with Crippen LogP contribution in [0.2, 0.25) is 0 Å². The summed E-state index contributed by atoms with van der Waals surface area (Å²) in [5.74, 6) is 2.93. The van der Waals surface area contributed by atoms with Crippen molar-refractivity contribution in [3.8, 4) is 12.3 Å². The second-order valence-electron chi connectivity index (χ2n) is 6.70. The summed E-state index contributed by atoms with van der Waals surface area (Å²) in [6.07, 6.45) is 7.88. The van der Waals surface area contributed by atoms with Crippen molar-refractivity contribution in [2.75, 3.05) is 18.0 Å². The van der Waals surface area contributed by atoms with Crippen LogP contribution in [-0.2, 0) is 0 Å². The van der Waals surface area contributed by atoms with E-state index in [0.29, 0.717) is 5.92 Å². The summed E-state index contributed by atoms with van der Waals surface area (Å²) < 4.78 is 0. The average Bonchev–Trinajstić information content (AvgIpc) is 2.65. The molecule has 0 N–H and O–H groups in total. The lowest BCUT2D eigenvalue weighted by Gasteiger charge is -2.33. The SMILES string of the molecule is C#CC=NC1=C(C(=C)C(C)C)CCN(c2cccc3ccccc23)C1. The summed E-state index contributed by atoms with van der Waals surface area (Å²) in [6, 6.07) is 15.0. The fourth-order valence-corrected chi connectivity index (χ4v) is 3.36. The van der Waals surface area contributed by atoms with Gasteiger partial charge in [0.15, 0.2) is 0 Å². The highest BCUT2D eigenvalue weighted by molar-refractivity contribution is 5.94. The van der Waals surface area contributed by atoms with Gasteiger partial charge in [0.2, 0.25) is 0 Å². The van der Waals surface area contributed by atoms with Crippen LogP contribution in [0, 0.1) is 18.3 Å². The topological polar surface area (TPSA) is 15.6 Å². The Morgan fingerprint density at radius 3 is 2.76 bits per heavy atom. The Morgan fingerprint density at radius 2 is 2.00 bits per heavy atom. The third-order valence-electron chi connectivity index (χ3n) is 4.81. The van der Waals surface area contributed by atoms with E-state index < -0.39 is 0 Å². The molecule has 0 radical (unpaired) electrons. The van der Waals surface area contributed by atoms with E-state index in [2.05, 4.69) is 78.7 Å². The highest BCUT2D eigenvalue weighted by Gasteiger charge is 2.22. The first-order valence-corrected chi connectivity index (χ1v) is 8.74. The van der Waals surface area contributed by atoms with E-state index in [-0.39, 0.29) is 0 Å². The van der Waals surface area contributed by atoms with Crippen molar-refractivity contribution in [3.05, 3.63) is 65.9 Å². The van der Waals surface area contributed by atoms with Crippen LogP contribution in [0.3, 0.4) is 0 Å². The number of rotatable bonds is 4. The standard InChI is InChI=1S/C23H24N2/c1-5-14-24-22-16-25(15-13-20(22)18(4)17(2)3)23-12-8-10-19-9-6-7-11-21(19)23/h1,6-12,14,17H,4,13,15-16H2,2-3H3. The zero-order valence-corrected chi connectivity index (χ0v) is 15.0. The highest BCUT2D eigenvalue weighted by atomic mass is 15.1. The maximum absolute atomic E-state index is 5.39. The molecule has 0 spiro atoms. The maximum atomic E-state index is 5.39. The first-order chi connectivity index (χ1) is 12.1. The van der Waals surface area contributed by atoms with E-state index in [0.717, 1.165) is 25.2 Å². The third-order valence-corrected chi connectivity index (χ3v) is 4.81. The van der Waals surface area contributed by atoms with Crippen LogP contribution in [0.4, 0.5) is 5.69 Å². The molecular weight excluding hydrogens is 304 g/mol. The van der Waals surface area contributed by atoms with Crippen LogP contribution in [0.5, 0.6) is 0 Å². The van der Waals surface area contributed by atoms with Crippen molar-refractivity contribution in [1.82, 2.24) is 0 Å². The molecule has 2 heteroatoms. The van der Waals surface area contributed by atoms with Gasteiger partial charge in [0.25, 0.3) is 0 Å². The van der Waals surface area contributed by atoms with Gasteiger partial charge in [-0.05, 0) is 34.9 Å². The number of hydrogen-bond acceptors (Lipinski definition) is 2. The molecule has 0 saturated carbocycles. The molecule has 0 saturated heterocycles. The van der Waals surface area contributed by atoms with Crippen LogP contribution >= 0.6 is 0 Å². The first-order valence-electron chi connectivity index (χ1n) is 8.74. The van der Waals surface area contributed by atoms with Gasteiger partial charge in [-0.2, -0.15) is 0 Å². The van der Waals surface area contributed by atoms with Gasteiger partial charge in [-0.3, -0.25) is 4.99 Å². The van der Waals surface area contributed by atoms with Gasteiger partial charge in [-0.1, -0.05) is 62.7 Å². The molecule has 126 valence electrons. The Morgan fingerprint density at radius 1 is 1.24 bits per heavy atom. The monoisotopic (exact) mass is 328 g/mol. The molecule has 2 aromatic carbocycles. The molecule has 0 amide bonds. The van der Waals surface area contributed by atoms with Crippen LogP contribution in [-0.4, -0.2) is 19.3 Å². The summed E-state index contributed by atoms with van der Waals surface area (Å²) in [7, 11) is 0. The normalized spacial score (nSPS) is 15.2. The summed E-state index contributed by atoms with van der Waals surface area (Å²) in [5.41, 5.74) is 4.72. The molecule has 0 aromatic heterocycles. The van der Waals surface area contributed by atoms with Crippen molar-refractivity contribution in [3.63, 3.8) is 0 Å². The second-order valence-corrected chi connectivity index (χ2v) is 6.70. The molecule has 0 unspecified atom stereocenters. The zero-order chi connectivity index (χ0) is 17.8. The fourth-order valence-electron chi connectivity index (χ4n) is 3.36. The van der Waals surface area contributed by atoms with Crippen molar-refractivity contribution < 1.29 is 0 Å². The zero-order valence-electron chi connectivity index (χ0n) is 15.0. The van der Waals surface area contributed by atoms with Gasteiger partial charge in [-0.15, -0.1) is 6.42 Å². The van der Waals surface area contributed by atoms with E-state index in [1.165, 1.54) is 27.6 Å². The molecular formula is C23H24N2. The fraction of sp³-hybridized carbons (Fsp3) is 0.261. The number of terminal acetylenes is 1.